The summed E-state index contributed by atoms with van der Waals surface area (Å²) in [6.07, 6.45) is 2.64. The monoisotopic (exact) mass is 551 g/mol. The van der Waals surface area contributed by atoms with Gasteiger partial charge in [-0.25, -0.2) is 4.99 Å². The lowest BCUT2D eigenvalue weighted by Gasteiger charge is -2.25. The molecule has 2 unspecified atom stereocenters. The van der Waals surface area contributed by atoms with Gasteiger partial charge in [0.05, 0.1) is 26.3 Å². The fourth-order valence-electron chi connectivity index (χ4n) is 4.28. The molecule has 6 nitrogen and oxygen atoms in total. The highest BCUT2D eigenvalue weighted by Gasteiger charge is 2.36. The van der Waals surface area contributed by atoms with Crippen molar-refractivity contribution in [3.63, 3.8) is 0 Å². The number of hydrogen-bond acceptors (Lipinski definition) is 4. The number of aliphatic imine (C=N–C) groups is 1. The molecule has 2 aliphatic rings. The van der Waals surface area contributed by atoms with Crippen LogP contribution in [-0.4, -0.2) is 43.5 Å². The van der Waals surface area contributed by atoms with Gasteiger partial charge in [0.1, 0.15) is 17.5 Å². The van der Waals surface area contributed by atoms with Crippen LogP contribution in [0.5, 0.6) is 5.75 Å². The summed E-state index contributed by atoms with van der Waals surface area (Å²) in [7, 11) is 0. The summed E-state index contributed by atoms with van der Waals surface area (Å²) in [6.45, 7) is 7.16. The summed E-state index contributed by atoms with van der Waals surface area (Å²) < 4.78 is 11.6. The van der Waals surface area contributed by atoms with Crippen LogP contribution in [0.1, 0.15) is 42.0 Å². The first kappa shape index (κ1) is 24.8. The van der Waals surface area contributed by atoms with E-state index in [1.54, 1.807) is 0 Å². The zero-order chi connectivity index (χ0) is 21.7. The van der Waals surface area contributed by atoms with E-state index in [0.29, 0.717) is 25.7 Å². The number of aliphatic hydroxyl groups is 1. The molecule has 1 saturated heterocycles. The van der Waals surface area contributed by atoms with E-state index >= 15 is 0 Å². The molecule has 32 heavy (non-hydrogen) atoms. The fraction of sp³-hybridized carbons (Fsp3) is 0.480. The minimum absolute atomic E-state index is 0. The van der Waals surface area contributed by atoms with Crippen LogP contribution in [0.25, 0.3) is 0 Å². The number of rotatable bonds is 7. The van der Waals surface area contributed by atoms with Gasteiger partial charge < -0.3 is 25.2 Å². The first-order valence-electron chi connectivity index (χ1n) is 11.2. The summed E-state index contributed by atoms with van der Waals surface area (Å²) in [5.74, 6) is 1.56. The second-order valence-electron chi connectivity index (χ2n) is 8.45. The van der Waals surface area contributed by atoms with E-state index < -0.39 is 5.60 Å². The Bertz CT molecular complexity index is 930. The Morgan fingerprint density at radius 1 is 1.25 bits per heavy atom. The van der Waals surface area contributed by atoms with Crippen molar-refractivity contribution in [3.05, 3.63) is 64.7 Å². The smallest absolute Gasteiger partial charge is 0.191 e. The van der Waals surface area contributed by atoms with Crippen LogP contribution in [0, 0.1) is 6.92 Å². The molecule has 3 N–H and O–H groups in total. The topological polar surface area (TPSA) is 75.1 Å². The van der Waals surface area contributed by atoms with Crippen molar-refractivity contribution in [3.8, 4) is 5.75 Å². The molecule has 0 spiro atoms. The van der Waals surface area contributed by atoms with Gasteiger partial charge in [-0.2, -0.15) is 0 Å². The molecule has 0 bridgehead atoms. The number of halogens is 1. The predicted molar refractivity (Wildman–Crippen MR) is 138 cm³/mol. The van der Waals surface area contributed by atoms with Crippen LogP contribution in [-0.2, 0) is 23.3 Å². The third-order valence-corrected chi connectivity index (χ3v) is 6.03. The standard InChI is InChI=1S/C25H33N3O3.HI/c1-3-26-24(28-17-25(29)12-10-19-6-4-5-7-22(19)25)27-15-20-9-8-18(2)14-23(20)31-21-11-13-30-16-21;/h4-9,14,21,29H,3,10-13,15-17H2,1-2H3,(H2,26,27,28);1H. The highest BCUT2D eigenvalue weighted by Crippen LogP contribution is 2.36. The highest BCUT2D eigenvalue weighted by atomic mass is 127. The Labute approximate surface area is 207 Å². The normalized spacial score (nSPS) is 22.2. The fourth-order valence-corrected chi connectivity index (χ4v) is 4.28. The van der Waals surface area contributed by atoms with E-state index in [1.807, 2.05) is 25.1 Å². The molecular weight excluding hydrogens is 517 g/mol. The lowest BCUT2D eigenvalue weighted by atomic mass is 9.96. The summed E-state index contributed by atoms with van der Waals surface area (Å²) in [5.41, 5.74) is 3.58. The second-order valence-corrected chi connectivity index (χ2v) is 8.45. The quantitative estimate of drug-likeness (QED) is 0.278. The third-order valence-electron chi connectivity index (χ3n) is 6.03. The lowest BCUT2D eigenvalue weighted by molar-refractivity contribution is 0.0432. The maximum Gasteiger partial charge on any atom is 0.191 e. The van der Waals surface area contributed by atoms with Crippen LogP contribution < -0.4 is 15.4 Å². The average molecular weight is 551 g/mol. The molecule has 1 aliphatic heterocycles. The minimum atomic E-state index is -0.868. The van der Waals surface area contributed by atoms with E-state index in [-0.39, 0.29) is 30.1 Å². The Hall–Kier alpha value is -1.84. The van der Waals surface area contributed by atoms with Crippen molar-refractivity contribution in [2.75, 3.05) is 26.3 Å². The number of hydrogen-bond donors (Lipinski definition) is 3. The summed E-state index contributed by atoms with van der Waals surface area (Å²) in [4.78, 5) is 4.77. The zero-order valence-corrected chi connectivity index (χ0v) is 21.2. The van der Waals surface area contributed by atoms with Gasteiger partial charge in [0, 0.05) is 18.5 Å². The Balaban J connectivity index is 0.00000289. The van der Waals surface area contributed by atoms with Crippen LogP contribution in [0.4, 0.5) is 0 Å². The van der Waals surface area contributed by atoms with E-state index in [2.05, 4.69) is 41.8 Å². The van der Waals surface area contributed by atoms with Gasteiger partial charge in [-0.1, -0.05) is 36.4 Å². The molecule has 0 amide bonds. The van der Waals surface area contributed by atoms with Gasteiger partial charge in [0.25, 0.3) is 0 Å². The highest BCUT2D eigenvalue weighted by molar-refractivity contribution is 14.0. The minimum Gasteiger partial charge on any atom is -0.488 e. The SMILES string of the molecule is CCNC(=NCc1ccc(C)cc1OC1CCOC1)NCC1(O)CCc2ccccc21.I. The summed E-state index contributed by atoms with van der Waals surface area (Å²) in [5, 5.41) is 17.8. The first-order chi connectivity index (χ1) is 15.1. The molecule has 2 aromatic carbocycles. The van der Waals surface area contributed by atoms with Crippen LogP contribution in [0.2, 0.25) is 0 Å². The van der Waals surface area contributed by atoms with Crippen molar-refractivity contribution in [2.45, 2.75) is 51.4 Å². The van der Waals surface area contributed by atoms with Crippen LogP contribution in [0.15, 0.2) is 47.5 Å². The van der Waals surface area contributed by atoms with E-state index in [1.165, 1.54) is 5.56 Å². The van der Waals surface area contributed by atoms with Gasteiger partial charge in [0.15, 0.2) is 5.96 Å². The molecule has 0 aromatic heterocycles. The van der Waals surface area contributed by atoms with Crippen molar-refractivity contribution in [1.29, 1.82) is 0 Å². The molecule has 2 aromatic rings. The van der Waals surface area contributed by atoms with Crippen molar-refractivity contribution < 1.29 is 14.6 Å². The number of benzene rings is 2. The number of aryl methyl sites for hydroxylation is 2. The molecule has 1 fully saturated rings. The number of nitrogens with zero attached hydrogens (tertiary/aromatic N) is 1. The van der Waals surface area contributed by atoms with Gasteiger partial charge in [-0.05, 0) is 49.4 Å². The van der Waals surface area contributed by atoms with E-state index in [0.717, 1.165) is 54.9 Å². The molecule has 2 atom stereocenters. The molecule has 1 aliphatic carbocycles. The zero-order valence-electron chi connectivity index (χ0n) is 18.9. The predicted octanol–water partition coefficient (Wildman–Crippen LogP) is 3.67. The molecule has 174 valence electrons. The van der Waals surface area contributed by atoms with Crippen molar-refractivity contribution >= 4 is 29.9 Å². The third kappa shape index (κ3) is 5.94. The Morgan fingerprint density at radius 2 is 2.09 bits per heavy atom. The molecule has 0 radical (unpaired) electrons. The lowest BCUT2D eigenvalue weighted by Crippen LogP contribution is -2.45. The second kappa shape index (κ2) is 11.3. The van der Waals surface area contributed by atoms with E-state index in [4.69, 9.17) is 14.5 Å². The van der Waals surface area contributed by atoms with Crippen molar-refractivity contribution in [2.24, 2.45) is 4.99 Å². The van der Waals surface area contributed by atoms with Crippen molar-refractivity contribution in [1.82, 2.24) is 10.6 Å². The number of fused-ring (bicyclic) bond motifs is 1. The largest absolute Gasteiger partial charge is 0.488 e. The number of guanidine groups is 1. The number of ether oxygens (including phenoxy) is 2. The van der Waals surface area contributed by atoms with Gasteiger partial charge >= 0.3 is 0 Å². The summed E-state index contributed by atoms with van der Waals surface area (Å²) >= 11 is 0. The van der Waals surface area contributed by atoms with E-state index in [9.17, 15) is 5.11 Å². The molecule has 0 saturated carbocycles. The van der Waals surface area contributed by atoms with Crippen LogP contribution >= 0.6 is 24.0 Å². The Morgan fingerprint density at radius 3 is 2.88 bits per heavy atom. The number of nitrogens with one attached hydrogen (secondary N) is 2. The molecular formula is C25H34IN3O3. The van der Waals surface area contributed by atoms with Gasteiger partial charge in [-0.15, -0.1) is 24.0 Å². The molecule has 4 rings (SSSR count). The molecule has 1 heterocycles. The van der Waals surface area contributed by atoms with Crippen LogP contribution in [0.3, 0.4) is 0 Å². The summed E-state index contributed by atoms with van der Waals surface area (Å²) in [6, 6.07) is 14.4. The first-order valence-corrected chi connectivity index (χ1v) is 11.2. The van der Waals surface area contributed by atoms with Gasteiger partial charge in [0.2, 0.25) is 0 Å². The Kier molecular flexibility index (Phi) is 8.79. The maximum atomic E-state index is 11.2. The average Bonchev–Trinajstić information content (AvgIpc) is 3.40. The molecule has 7 heteroatoms. The van der Waals surface area contributed by atoms with Gasteiger partial charge in [-0.3, -0.25) is 0 Å². The maximum absolute atomic E-state index is 11.2.